The lowest BCUT2D eigenvalue weighted by molar-refractivity contribution is 0.101. The van der Waals surface area contributed by atoms with Crippen LogP contribution in [0.3, 0.4) is 0 Å². The van der Waals surface area contributed by atoms with Crippen LogP contribution in [0.1, 0.15) is 29.4 Å². The van der Waals surface area contributed by atoms with Gasteiger partial charge in [0.05, 0.1) is 28.1 Å². The van der Waals surface area contributed by atoms with Crippen LogP contribution in [0.2, 0.25) is 10.0 Å². The molecule has 1 aliphatic rings. The molecule has 0 saturated heterocycles. The predicted octanol–water partition coefficient (Wildman–Crippen LogP) is 5.39. The maximum atomic E-state index is 13.8. The van der Waals surface area contributed by atoms with Crippen LogP contribution in [0.5, 0.6) is 0 Å². The van der Waals surface area contributed by atoms with Gasteiger partial charge in [-0.15, -0.1) is 0 Å². The summed E-state index contributed by atoms with van der Waals surface area (Å²) < 4.78 is 27.6. The van der Waals surface area contributed by atoms with Crippen LogP contribution >= 0.6 is 23.2 Å². The predicted molar refractivity (Wildman–Crippen MR) is 120 cm³/mol. The van der Waals surface area contributed by atoms with E-state index in [2.05, 4.69) is 20.3 Å². The molecule has 164 valence electrons. The van der Waals surface area contributed by atoms with Gasteiger partial charge in [-0.1, -0.05) is 34.8 Å². The fourth-order valence-corrected chi connectivity index (χ4v) is 3.92. The highest BCUT2D eigenvalue weighted by Gasteiger charge is 2.22. The Morgan fingerprint density at radius 1 is 1.09 bits per heavy atom. The van der Waals surface area contributed by atoms with Crippen LogP contribution in [0.4, 0.5) is 20.4 Å². The normalized spacial score (nSPS) is 14.0. The van der Waals surface area contributed by atoms with Crippen LogP contribution in [0.15, 0.2) is 48.4 Å². The van der Waals surface area contributed by atoms with Crippen molar-refractivity contribution in [2.75, 3.05) is 23.3 Å². The third kappa shape index (κ3) is 4.56. The number of hydrogen-bond donors (Lipinski definition) is 1. The fraction of sp³-hybridized carbons (Fsp3) is 0.182. The molecule has 1 N–H and O–H groups in total. The van der Waals surface area contributed by atoms with E-state index in [1.807, 2.05) is 11.8 Å². The first-order valence-corrected chi connectivity index (χ1v) is 10.4. The Labute approximate surface area is 192 Å². The molecule has 0 saturated carbocycles. The summed E-state index contributed by atoms with van der Waals surface area (Å²) in [5.74, 6) is -2.14. The number of rotatable bonds is 4. The van der Waals surface area contributed by atoms with Gasteiger partial charge in [0.15, 0.2) is 5.82 Å². The van der Waals surface area contributed by atoms with Crippen molar-refractivity contribution in [1.82, 2.24) is 15.0 Å². The topological polar surface area (TPSA) is 71.0 Å². The van der Waals surface area contributed by atoms with E-state index in [4.69, 9.17) is 23.2 Å². The van der Waals surface area contributed by atoms with Gasteiger partial charge in [0.1, 0.15) is 23.0 Å². The summed E-state index contributed by atoms with van der Waals surface area (Å²) >= 11 is 12.3. The van der Waals surface area contributed by atoms with E-state index in [0.29, 0.717) is 28.1 Å². The number of carbonyl (C=O) groups excluding carboxylic acids is 1. The third-order valence-corrected chi connectivity index (χ3v) is 5.59. The number of nitrogens with zero attached hydrogens (tertiary/aromatic N) is 4. The van der Waals surface area contributed by atoms with Crippen LogP contribution in [-0.4, -0.2) is 33.9 Å². The van der Waals surface area contributed by atoms with Gasteiger partial charge in [-0.3, -0.25) is 9.78 Å². The van der Waals surface area contributed by atoms with Crippen molar-refractivity contribution in [2.24, 2.45) is 0 Å². The van der Waals surface area contributed by atoms with Crippen LogP contribution < -0.4 is 10.2 Å². The van der Waals surface area contributed by atoms with E-state index in [9.17, 15) is 13.6 Å². The summed E-state index contributed by atoms with van der Waals surface area (Å²) in [6.07, 6.45) is 5.18. The molecule has 10 heteroatoms. The number of pyridine rings is 1. The van der Waals surface area contributed by atoms with Gasteiger partial charge in [-0.2, -0.15) is 0 Å². The molecule has 0 bridgehead atoms. The number of nitrogens with one attached hydrogen (secondary N) is 1. The second kappa shape index (κ2) is 9.18. The summed E-state index contributed by atoms with van der Waals surface area (Å²) in [6, 6.07) is 4.86. The monoisotopic (exact) mass is 475 g/mol. The number of aromatic nitrogens is 3. The van der Waals surface area contributed by atoms with E-state index >= 15 is 0 Å². The van der Waals surface area contributed by atoms with Gasteiger partial charge >= 0.3 is 0 Å². The quantitative estimate of drug-likeness (QED) is 0.547. The molecule has 1 amide bonds. The molecule has 3 aromatic rings. The third-order valence-electron chi connectivity index (χ3n) is 5.10. The van der Waals surface area contributed by atoms with Crippen LogP contribution in [0, 0.1) is 11.6 Å². The first-order valence-electron chi connectivity index (χ1n) is 9.66. The Hall–Kier alpha value is -3.10. The molecule has 4 rings (SSSR count). The van der Waals surface area contributed by atoms with Gasteiger partial charge in [-0.05, 0) is 37.1 Å². The number of halogens is 4. The molecule has 3 heterocycles. The van der Waals surface area contributed by atoms with Gasteiger partial charge in [0.2, 0.25) is 0 Å². The second-order valence-electron chi connectivity index (χ2n) is 7.23. The van der Waals surface area contributed by atoms with Crippen LogP contribution in [-0.2, 0) is 0 Å². The lowest BCUT2D eigenvalue weighted by Gasteiger charge is -2.31. The molecule has 0 spiro atoms. The number of carbonyl (C=O) groups is 1. The molecule has 1 aliphatic heterocycles. The minimum Gasteiger partial charge on any atom is -0.351 e. The lowest BCUT2D eigenvalue weighted by Crippen LogP contribution is -2.32. The Kier molecular flexibility index (Phi) is 6.34. The Balaban J connectivity index is 1.52. The van der Waals surface area contributed by atoms with Crippen molar-refractivity contribution < 1.29 is 13.6 Å². The maximum Gasteiger partial charge on any atom is 0.262 e. The molecule has 2 aromatic heterocycles. The molecular weight excluding hydrogens is 459 g/mol. The Morgan fingerprint density at radius 2 is 1.84 bits per heavy atom. The van der Waals surface area contributed by atoms with Gasteiger partial charge in [0, 0.05) is 19.3 Å². The van der Waals surface area contributed by atoms with Crippen molar-refractivity contribution >= 4 is 46.3 Å². The summed E-state index contributed by atoms with van der Waals surface area (Å²) in [7, 11) is 0. The highest BCUT2D eigenvalue weighted by molar-refractivity contribution is 6.36. The summed E-state index contributed by atoms with van der Waals surface area (Å²) in [4.78, 5) is 27.2. The van der Waals surface area contributed by atoms with Crippen molar-refractivity contribution in [3.8, 4) is 0 Å². The molecule has 0 fully saturated rings. The average Bonchev–Trinajstić information content (AvgIpc) is 2.75. The standard InChI is InChI=1S/C22H17Cl2F2N5O/c1-12-5-6-31(21-15(24)7-13(23)8-29-21)11-14(12)18-9-28-19(10-27-18)30-22(32)20-16(25)3-2-4-17(20)26/h2-4,7-10H,5-6,11H2,1H3,(H,28,30,32). The molecule has 0 aliphatic carbocycles. The highest BCUT2D eigenvalue weighted by Crippen LogP contribution is 2.32. The largest absolute Gasteiger partial charge is 0.351 e. The average molecular weight is 476 g/mol. The molecule has 0 atom stereocenters. The Morgan fingerprint density at radius 3 is 2.50 bits per heavy atom. The number of benzene rings is 1. The zero-order valence-corrected chi connectivity index (χ0v) is 18.4. The second-order valence-corrected chi connectivity index (χ2v) is 8.07. The molecule has 32 heavy (non-hydrogen) atoms. The molecular formula is C22H17Cl2F2N5O. The molecule has 0 radical (unpaired) electrons. The maximum absolute atomic E-state index is 13.8. The summed E-state index contributed by atoms with van der Waals surface area (Å²) in [6.45, 7) is 3.27. The smallest absolute Gasteiger partial charge is 0.262 e. The van der Waals surface area contributed by atoms with Crippen molar-refractivity contribution in [1.29, 1.82) is 0 Å². The van der Waals surface area contributed by atoms with Gasteiger partial charge < -0.3 is 10.2 Å². The minimum atomic E-state index is -0.954. The van der Waals surface area contributed by atoms with Gasteiger partial charge in [0.25, 0.3) is 5.91 Å². The minimum absolute atomic E-state index is 0.0785. The van der Waals surface area contributed by atoms with E-state index in [1.165, 1.54) is 18.5 Å². The molecule has 1 aromatic carbocycles. The van der Waals surface area contributed by atoms with E-state index in [1.54, 1.807) is 12.3 Å². The summed E-state index contributed by atoms with van der Waals surface area (Å²) in [5, 5.41) is 3.29. The molecule has 6 nitrogen and oxygen atoms in total. The van der Waals surface area contributed by atoms with Crippen molar-refractivity contribution in [2.45, 2.75) is 13.3 Å². The number of amides is 1. The molecule has 0 unspecified atom stereocenters. The summed E-state index contributed by atoms with van der Waals surface area (Å²) in [5.41, 5.74) is 2.04. The van der Waals surface area contributed by atoms with E-state index in [0.717, 1.165) is 36.2 Å². The van der Waals surface area contributed by atoms with Crippen molar-refractivity contribution in [3.05, 3.63) is 81.4 Å². The Bertz CT molecular complexity index is 1200. The number of anilines is 2. The van der Waals surface area contributed by atoms with Crippen LogP contribution in [0.25, 0.3) is 5.57 Å². The first-order chi connectivity index (χ1) is 15.3. The SMILES string of the molecule is CC1=C(c2cnc(NC(=O)c3c(F)cccc3F)cn2)CN(c2ncc(Cl)cc2Cl)CC1. The first kappa shape index (κ1) is 22.1. The van der Waals surface area contributed by atoms with E-state index in [-0.39, 0.29) is 5.82 Å². The van der Waals surface area contributed by atoms with E-state index < -0.39 is 23.1 Å². The zero-order chi connectivity index (χ0) is 22.8. The highest BCUT2D eigenvalue weighted by atomic mass is 35.5. The lowest BCUT2D eigenvalue weighted by atomic mass is 9.99. The zero-order valence-electron chi connectivity index (χ0n) is 16.9. The fourth-order valence-electron chi connectivity index (χ4n) is 3.42. The van der Waals surface area contributed by atoms with Gasteiger partial charge in [-0.25, -0.2) is 18.7 Å². The van der Waals surface area contributed by atoms with Crippen molar-refractivity contribution in [3.63, 3.8) is 0 Å². The number of hydrogen-bond acceptors (Lipinski definition) is 5.